The maximum Gasteiger partial charge on any atom is 0.248 e. The number of hydrogen-bond acceptors (Lipinski definition) is 4. The Morgan fingerprint density at radius 1 is 1.00 bits per heavy atom. The van der Waals surface area contributed by atoms with Crippen LogP contribution in [0.1, 0.15) is 12.5 Å². The normalized spacial score (nSPS) is 10.9. The lowest BCUT2D eigenvalue weighted by Gasteiger charge is -2.04. The first kappa shape index (κ1) is 21.8. The van der Waals surface area contributed by atoms with E-state index in [1.807, 2.05) is 85.1 Å². The molecule has 0 aliphatic carbocycles. The highest BCUT2D eigenvalue weighted by atomic mass is 35.5. The topological polar surface area (TPSA) is 51.2 Å². The molecule has 3 aromatic carbocycles. The first-order chi connectivity index (χ1) is 15.6. The largest absolute Gasteiger partial charge is 0.494 e. The lowest BCUT2D eigenvalue weighted by molar-refractivity contribution is -0.111. The second kappa shape index (κ2) is 10.3. The average molecular weight is 461 g/mol. The number of hydrogen-bond donors (Lipinski definition) is 1. The van der Waals surface area contributed by atoms with Crippen LogP contribution in [0.3, 0.4) is 0 Å². The Hall–Kier alpha value is -3.41. The summed E-state index contributed by atoms with van der Waals surface area (Å²) < 4.78 is 5.42. The first-order valence-electron chi connectivity index (χ1n) is 10.1. The summed E-state index contributed by atoms with van der Waals surface area (Å²) in [5.74, 6) is 0.625. The van der Waals surface area contributed by atoms with E-state index in [9.17, 15) is 4.79 Å². The number of halogens is 1. The Bertz CT molecular complexity index is 1210. The maximum atomic E-state index is 12.3. The van der Waals surface area contributed by atoms with Crippen molar-refractivity contribution in [2.24, 2.45) is 0 Å². The molecule has 32 heavy (non-hydrogen) atoms. The van der Waals surface area contributed by atoms with Crippen LogP contribution >= 0.6 is 22.9 Å². The predicted octanol–water partition coefficient (Wildman–Crippen LogP) is 7.18. The molecule has 6 heteroatoms. The van der Waals surface area contributed by atoms with E-state index in [0.717, 1.165) is 38.8 Å². The molecule has 4 nitrogen and oxygen atoms in total. The van der Waals surface area contributed by atoms with E-state index in [4.69, 9.17) is 21.3 Å². The van der Waals surface area contributed by atoms with Crippen molar-refractivity contribution < 1.29 is 9.53 Å². The van der Waals surface area contributed by atoms with Crippen LogP contribution in [0, 0.1) is 0 Å². The van der Waals surface area contributed by atoms with Crippen molar-refractivity contribution in [3.05, 3.63) is 94.8 Å². The van der Waals surface area contributed by atoms with Crippen molar-refractivity contribution in [1.82, 2.24) is 4.98 Å². The fraction of sp³-hybridized carbons (Fsp3) is 0.0769. The molecule has 0 aliphatic rings. The molecule has 1 heterocycles. The molecule has 4 rings (SSSR count). The molecule has 0 aliphatic heterocycles. The van der Waals surface area contributed by atoms with Crippen LogP contribution in [-0.2, 0) is 4.79 Å². The minimum Gasteiger partial charge on any atom is -0.494 e. The lowest BCUT2D eigenvalue weighted by Crippen LogP contribution is -2.07. The molecule has 0 bridgehead atoms. The van der Waals surface area contributed by atoms with Crippen LogP contribution in [0.25, 0.3) is 27.9 Å². The highest BCUT2D eigenvalue weighted by Crippen LogP contribution is 2.30. The second-order valence-corrected chi connectivity index (χ2v) is 8.24. The van der Waals surface area contributed by atoms with Crippen LogP contribution in [0.2, 0.25) is 5.02 Å². The molecule has 0 fully saturated rings. The average Bonchev–Trinajstić information content (AvgIpc) is 3.30. The third-order valence-corrected chi connectivity index (χ3v) is 5.81. The molecule has 0 radical (unpaired) electrons. The van der Waals surface area contributed by atoms with Gasteiger partial charge in [0.2, 0.25) is 5.91 Å². The van der Waals surface area contributed by atoms with Crippen molar-refractivity contribution in [2.75, 3.05) is 11.9 Å². The molecule has 1 aromatic heterocycles. The van der Waals surface area contributed by atoms with Gasteiger partial charge in [0.15, 0.2) is 0 Å². The van der Waals surface area contributed by atoms with Gasteiger partial charge in [0.25, 0.3) is 0 Å². The summed E-state index contributed by atoms with van der Waals surface area (Å²) in [7, 11) is 0. The van der Waals surface area contributed by atoms with Gasteiger partial charge in [-0.15, -0.1) is 11.3 Å². The monoisotopic (exact) mass is 460 g/mol. The fourth-order valence-corrected chi connectivity index (χ4v) is 4.01. The molecule has 0 saturated heterocycles. The van der Waals surface area contributed by atoms with Gasteiger partial charge in [0.1, 0.15) is 10.8 Å². The number of carbonyl (C=O) groups excluding carboxylic acids is 1. The molecule has 0 unspecified atom stereocenters. The Balaban J connectivity index is 1.37. The third kappa shape index (κ3) is 5.63. The van der Waals surface area contributed by atoms with Crippen LogP contribution in [0.5, 0.6) is 5.75 Å². The summed E-state index contributed by atoms with van der Waals surface area (Å²) in [6, 6.07) is 22.9. The van der Waals surface area contributed by atoms with Gasteiger partial charge in [-0.05, 0) is 55.0 Å². The number of nitrogens with one attached hydrogen (secondary N) is 1. The van der Waals surface area contributed by atoms with Crippen LogP contribution in [-0.4, -0.2) is 17.5 Å². The molecular formula is C26H21ClN2O2S. The smallest absolute Gasteiger partial charge is 0.248 e. The number of thiazole rings is 1. The van der Waals surface area contributed by atoms with Gasteiger partial charge in [-0.25, -0.2) is 4.98 Å². The van der Waals surface area contributed by atoms with Crippen LogP contribution in [0.4, 0.5) is 5.69 Å². The minimum absolute atomic E-state index is 0.190. The number of amides is 1. The quantitative estimate of drug-likeness (QED) is 0.297. The van der Waals surface area contributed by atoms with E-state index in [2.05, 4.69) is 5.32 Å². The van der Waals surface area contributed by atoms with E-state index < -0.39 is 0 Å². The molecule has 4 aromatic rings. The van der Waals surface area contributed by atoms with E-state index in [1.165, 1.54) is 6.08 Å². The Morgan fingerprint density at radius 2 is 1.69 bits per heavy atom. The van der Waals surface area contributed by atoms with Crippen molar-refractivity contribution in [3.8, 4) is 27.6 Å². The summed E-state index contributed by atoms with van der Waals surface area (Å²) in [6.45, 7) is 2.57. The molecular weight excluding hydrogens is 440 g/mol. The Labute approximate surface area is 196 Å². The molecule has 160 valence electrons. The summed E-state index contributed by atoms with van der Waals surface area (Å²) in [5, 5.41) is 6.55. The minimum atomic E-state index is -0.190. The van der Waals surface area contributed by atoms with Crippen molar-refractivity contribution >= 4 is 40.6 Å². The van der Waals surface area contributed by atoms with Gasteiger partial charge in [-0.3, -0.25) is 4.79 Å². The Kier molecular flexibility index (Phi) is 7.00. The van der Waals surface area contributed by atoms with Gasteiger partial charge in [0.05, 0.1) is 12.3 Å². The standard InChI is InChI=1S/C26H21ClN2O2S/c1-2-31-23-14-3-18(4-15-23)5-16-25(30)28-22-12-8-19(9-13-22)24-17-32-26(29-24)20-6-10-21(27)11-7-20/h3-17H,2H2,1H3,(H,28,30)/b16-5+. The van der Waals surface area contributed by atoms with Gasteiger partial charge >= 0.3 is 0 Å². The van der Waals surface area contributed by atoms with Gasteiger partial charge in [-0.2, -0.15) is 0 Å². The summed E-state index contributed by atoms with van der Waals surface area (Å²) in [4.78, 5) is 17.0. The van der Waals surface area contributed by atoms with Crippen LogP contribution in [0.15, 0.2) is 84.3 Å². The molecule has 0 spiro atoms. The summed E-state index contributed by atoms with van der Waals surface area (Å²) in [5.41, 5.74) is 4.58. The SMILES string of the molecule is CCOc1ccc(/C=C/C(=O)Nc2ccc(-c3csc(-c4ccc(Cl)cc4)n3)cc2)cc1. The highest BCUT2D eigenvalue weighted by molar-refractivity contribution is 7.13. The molecule has 1 amide bonds. The first-order valence-corrected chi connectivity index (χ1v) is 11.4. The molecule has 0 atom stereocenters. The van der Waals surface area contributed by atoms with Gasteiger partial charge < -0.3 is 10.1 Å². The predicted molar refractivity (Wildman–Crippen MR) is 133 cm³/mol. The molecule has 0 saturated carbocycles. The van der Waals surface area contributed by atoms with E-state index in [-0.39, 0.29) is 5.91 Å². The number of ether oxygens (including phenoxy) is 1. The maximum absolute atomic E-state index is 12.3. The highest BCUT2D eigenvalue weighted by Gasteiger charge is 2.07. The zero-order valence-corrected chi connectivity index (χ0v) is 19.0. The van der Waals surface area contributed by atoms with Crippen molar-refractivity contribution in [3.63, 3.8) is 0 Å². The zero-order chi connectivity index (χ0) is 22.3. The number of carbonyl (C=O) groups is 1. The number of benzene rings is 3. The van der Waals surface area contributed by atoms with E-state index in [1.54, 1.807) is 17.4 Å². The molecule has 1 N–H and O–H groups in total. The van der Waals surface area contributed by atoms with Crippen molar-refractivity contribution in [1.29, 1.82) is 0 Å². The zero-order valence-electron chi connectivity index (χ0n) is 17.4. The van der Waals surface area contributed by atoms with Gasteiger partial charge in [-0.1, -0.05) is 48.0 Å². The Morgan fingerprint density at radius 3 is 2.38 bits per heavy atom. The number of anilines is 1. The summed E-state index contributed by atoms with van der Waals surface area (Å²) >= 11 is 7.55. The summed E-state index contributed by atoms with van der Waals surface area (Å²) in [6.07, 6.45) is 3.29. The number of aromatic nitrogens is 1. The third-order valence-electron chi connectivity index (χ3n) is 4.66. The van der Waals surface area contributed by atoms with E-state index >= 15 is 0 Å². The van der Waals surface area contributed by atoms with Crippen LogP contribution < -0.4 is 10.1 Å². The number of nitrogens with zero attached hydrogens (tertiary/aromatic N) is 1. The van der Waals surface area contributed by atoms with Crippen molar-refractivity contribution in [2.45, 2.75) is 6.92 Å². The van der Waals surface area contributed by atoms with E-state index in [0.29, 0.717) is 11.6 Å². The van der Waals surface area contributed by atoms with Gasteiger partial charge in [0, 0.05) is 33.3 Å². The second-order valence-electron chi connectivity index (χ2n) is 6.95. The number of rotatable bonds is 7. The fourth-order valence-electron chi connectivity index (χ4n) is 3.05. The lowest BCUT2D eigenvalue weighted by atomic mass is 10.1.